The number of hydrogen-bond acceptors (Lipinski definition) is 5. The summed E-state index contributed by atoms with van der Waals surface area (Å²) < 4.78 is 18.9. The topological polar surface area (TPSA) is 72.7 Å². The predicted octanol–water partition coefficient (Wildman–Crippen LogP) is 3.21. The Morgan fingerprint density at radius 3 is 2.79 bits per heavy atom. The van der Waals surface area contributed by atoms with Crippen molar-refractivity contribution in [3.8, 4) is 11.4 Å². The van der Waals surface area contributed by atoms with Crippen LogP contribution < -0.4 is 5.32 Å². The molecule has 2 heterocycles. The maximum Gasteiger partial charge on any atom is 0.277 e. The van der Waals surface area contributed by atoms with Crippen LogP contribution in [0.1, 0.15) is 34.9 Å². The molecule has 1 amide bonds. The number of anilines is 1. The van der Waals surface area contributed by atoms with Gasteiger partial charge >= 0.3 is 0 Å². The zero-order valence-corrected chi connectivity index (χ0v) is 13.7. The number of carbonyl (C=O) groups excluding carboxylic acids is 1. The van der Waals surface area contributed by atoms with Gasteiger partial charge in [-0.05, 0) is 43.2 Å². The number of aromatic nitrogens is 4. The SMILES string of the molecule is Cn1nc(C(=O)Nc2nc(-c3ccc(F)cc3)ns2)cc1C1CC1. The molecule has 0 saturated heterocycles. The summed E-state index contributed by atoms with van der Waals surface area (Å²) in [6.07, 6.45) is 2.30. The van der Waals surface area contributed by atoms with E-state index in [1.807, 2.05) is 13.1 Å². The van der Waals surface area contributed by atoms with E-state index in [1.54, 1.807) is 16.8 Å². The molecule has 0 radical (unpaired) electrons. The highest BCUT2D eigenvalue weighted by atomic mass is 32.1. The Morgan fingerprint density at radius 1 is 1.33 bits per heavy atom. The Balaban J connectivity index is 1.50. The van der Waals surface area contributed by atoms with E-state index in [1.165, 1.54) is 12.1 Å². The van der Waals surface area contributed by atoms with E-state index in [-0.39, 0.29) is 11.7 Å². The second-order valence-corrected chi connectivity index (χ2v) is 6.49. The Morgan fingerprint density at radius 2 is 2.08 bits per heavy atom. The number of carbonyl (C=O) groups is 1. The highest BCUT2D eigenvalue weighted by Gasteiger charge is 2.28. The van der Waals surface area contributed by atoms with Crippen molar-refractivity contribution in [2.24, 2.45) is 7.05 Å². The number of benzene rings is 1. The first-order chi connectivity index (χ1) is 11.6. The molecule has 122 valence electrons. The third-order valence-electron chi connectivity index (χ3n) is 3.89. The average molecular weight is 343 g/mol. The number of halogens is 1. The van der Waals surface area contributed by atoms with E-state index in [4.69, 9.17) is 0 Å². The van der Waals surface area contributed by atoms with Crippen LogP contribution in [0.15, 0.2) is 30.3 Å². The summed E-state index contributed by atoms with van der Waals surface area (Å²) in [6, 6.07) is 7.73. The van der Waals surface area contributed by atoms with Gasteiger partial charge in [0.2, 0.25) is 5.13 Å². The molecule has 0 aliphatic heterocycles. The smallest absolute Gasteiger partial charge is 0.277 e. The zero-order valence-electron chi connectivity index (χ0n) is 12.9. The number of nitrogens with zero attached hydrogens (tertiary/aromatic N) is 4. The molecular formula is C16H14FN5OS. The van der Waals surface area contributed by atoms with Gasteiger partial charge in [-0.15, -0.1) is 0 Å². The molecule has 0 spiro atoms. The predicted molar refractivity (Wildman–Crippen MR) is 88.4 cm³/mol. The average Bonchev–Trinajstić information content (AvgIpc) is 3.18. The molecule has 1 saturated carbocycles. The highest BCUT2D eigenvalue weighted by Crippen LogP contribution is 2.40. The molecule has 0 atom stereocenters. The van der Waals surface area contributed by atoms with Crippen molar-refractivity contribution in [1.29, 1.82) is 0 Å². The monoisotopic (exact) mass is 343 g/mol. The van der Waals surface area contributed by atoms with Crippen LogP contribution in [0.2, 0.25) is 0 Å². The lowest BCUT2D eigenvalue weighted by atomic mass is 10.2. The summed E-state index contributed by atoms with van der Waals surface area (Å²) in [6.45, 7) is 0. The van der Waals surface area contributed by atoms with Gasteiger partial charge in [0.15, 0.2) is 11.5 Å². The van der Waals surface area contributed by atoms with Gasteiger partial charge in [-0.1, -0.05) is 0 Å². The van der Waals surface area contributed by atoms with Crippen molar-refractivity contribution in [3.05, 3.63) is 47.5 Å². The van der Waals surface area contributed by atoms with Crippen molar-refractivity contribution in [1.82, 2.24) is 19.1 Å². The van der Waals surface area contributed by atoms with E-state index in [0.717, 1.165) is 30.1 Å². The minimum atomic E-state index is -0.316. The fourth-order valence-electron chi connectivity index (χ4n) is 2.51. The van der Waals surface area contributed by atoms with Crippen LogP contribution in [-0.4, -0.2) is 25.0 Å². The normalized spacial score (nSPS) is 13.9. The molecule has 1 aromatic carbocycles. The molecule has 0 unspecified atom stereocenters. The molecule has 1 fully saturated rings. The van der Waals surface area contributed by atoms with Crippen molar-refractivity contribution >= 4 is 22.6 Å². The van der Waals surface area contributed by atoms with Crippen molar-refractivity contribution in [2.45, 2.75) is 18.8 Å². The second-order valence-electron chi connectivity index (χ2n) is 5.74. The van der Waals surface area contributed by atoms with E-state index in [0.29, 0.717) is 28.1 Å². The Bertz CT molecular complexity index is 898. The van der Waals surface area contributed by atoms with E-state index in [2.05, 4.69) is 19.8 Å². The Labute approximate surface area is 141 Å². The second kappa shape index (κ2) is 5.79. The quantitative estimate of drug-likeness (QED) is 0.789. The van der Waals surface area contributed by atoms with E-state index < -0.39 is 0 Å². The van der Waals surface area contributed by atoms with Gasteiger partial charge in [0, 0.05) is 35.8 Å². The highest BCUT2D eigenvalue weighted by molar-refractivity contribution is 7.10. The molecule has 1 N–H and O–H groups in total. The minimum Gasteiger partial charge on any atom is -0.295 e. The molecule has 3 aromatic rings. The number of amides is 1. The largest absolute Gasteiger partial charge is 0.295 e. The zero-order chi connectivity index (χ0) is 16.7. The summed E-state index contributed by atoms with van der Waals surface area (Å²) >= 11 is 1.08. The van der Waals surface area contributed by atoms with Crippen LogP contribution in [0, 0.1) is 5.82 Å². The third kappa shape index (κ3) is 2.92. The molecule has 4 rings (SSSR count). The molecule has 1 aliphatic carbocycles. The lowest BCUT2D eigenvalue weighted by molar-refractivity contribution is 0.102. The molecule has 2 aromatic heterocycles. The lowest BCUT2D eigenvalue weighted by Crippen LogP contribution is -2.12. The maximum absolute atomic E-state index is 13.0. The van der Waals surface area contributed by atoms with Crippen LogP contribution in [-0.2, 0) is 7.05 Å². The Kier molecular flexibility index (Phi) is 3.61. The van der Waals surface area contributed by atoms with Crippen molar-refractivity contribution in [2.75, 3.05) is 5.32 Å². The van der Waals surface area contributed by atoms with Crippen molar-refractivity contribution in [3.63, 3.8) is 0 Å². The Hall–Kier alpha value is -2.61. The minimum absolute atomic E-state index is 0.306. The molecular weight excluding hydrogens is 329 g/mol. The van der Waals surface area contributed by atoms with Gasteiger partial charge in [-0.3, -0.25) is 14.8 Å². The van der Waals surface area contributed by atoms with Gasteiger partial charge in [-0.25, -0.2) is 4.39 Å². The first-order valence-electron chi connectivity index (χ1n) is 7.55. The standard InChI is InChI=1S/C16H14FN5OS/c1-22-13(9-2-3-9)8-12(20-22)15(23)19-16-18-14(21-24-16)10-4-6-11(17)7-5-10/h4-9H,2-3H2,1H3,(H,18,19,21,23). The van der Waals surface area contributed by atoms with Gasteiger partial charge < -0.3 is 0 Å². The molecule has 0 bridgehead atoms. The third-order valence-corrected chi connectivity index (χ3v) is 4.52. The number of aryl methyl sites for hydroxylation is 1. The first-order valence-corrected chi connectivity index (χ1v) is 8.32. The molecule has 1 aliphatic rings. The number of hydrogen-bond donors (Lipinski definition) is 1. The lowest BCUT2D eigenvalue weighted by Gasteiger charge is -1.97. The summed E-state index contributed by atoms with van der Waals surface area (Å²) in [4.78, 5) is 16.6. The summed E-state index contributed by atoms with van der Waals surface area (Å²) in [7, 11) is 1.85. The maximum atomic E-state index is 13.0. The van der Waals surface area contributed by atoms with Gasteiger partial charge in [-0.2, -0.15) is 14.5 Å². The van der Waals surface area contributed by atoms with E-state index >= 15 is 0 Å². The fourth-order valence-corrected chi connectivity index (χ4v) is 3.09. The van der Waals surface area contributed by atoms with Crippen LogP contribution in [0.25, 0.3) is 11.4 Å². The van der Waals surface area contributed by atoms with Gasteiger partial charge in [0.1, 0.15) is 5.82 Å². The summed E-state index contributed by atoms with van der Waals surface area (Å²) in [5.74, 6) is 0.356. The van der Waals surface area contributed by atoms with Crippen molar-refractivity contribution < 1.29 is 9.18 Å². The number of rotatable bonds is 4. The summed E-state index contributed by atoms with van der Waals surface area (Å²) in [5.41, 5.74) is 2.16. The summed E-state index contributed by atoms with van der Waals surface area (Å²) in [5, 5.41) is 7.36. The molecule has 8 heteroatoms. The molecule has 6 nitrogen and oxygen atoms in total. The van der Waals surface area contributed by atoms with E-state index in [9.17, 15) is 9.18 Å². The van der Waals surface area contributed by atoms with Crippen LogP contribution in [0.3, 0.4) is 0 Å². The number of nitrogens with one attached hydrogen (secondary N) is 1. The van der Waals surface area contributed by atoms with Crippen LogP contribution in [0.5, 0.6) is 0 Å². The first kappa shape index (κ1) is 14.9. The van der Waals surface area contributed by atoms with Crippen LogP contribution in [0.4, 0.5) is 9.52 Å². The van der Waals surface area contributed by atoms with Gasteiger partial charge in [0.05, 0.1) is 0 Å². The fraction of sp³-hybridized carbons (Fsp3) is 0.250. The van der Waals surface area contributed by atoms with Crippen LogP contribution >= 0.6 is 11.5 Å². The van der Waals surface area contributed by atoms with Gasteiger partial charge in [0.25, 0.3) is 5.91 Å². The molecule has 24 heavy (non-hydrogen) atoms.